The molecule has 0 saturated heterocycles. The predicted octanol–water partition coefficient (Wildman–Crippen LogP) is 2.81. The number of ether oxygens (including phenoxy) is 4. The van der Waals surface area contributed by atoms with E-state index in [0.717, 1.165) is 34.1 Å². The largest absolute Gasteiger partial charge is 0.457 e. The standard InChI is InChI=1S/C14H10O4/c1-2-11-14(12(3-1)17-8-16-11)9-4-5-10-13(6-9)18-7-15-10/h1-6H,7-8H2. The molecule has 2 aliphatic rings. The molecule has 2 aromatic rings. The number of benzene rings is 2. The highest BCUT2D eigenvalue weighted by atomic mass is 16.7. The van der Waals surface area contributed by atoms with E-state index < -0.39 is 0 Å². The Labute approximate surface area is 104 Å². The third-order valence-corrected chi connectivity index (χ3v) is 3.08. The first-order valence-corrected chi connectivity index (χ1v) is 5.70. The first-order valence-electron chi connectivity index (χ1n) is 5.70. The molecule has 4 heteroatoms. The minimum absolute atomic E-state index is 0.263. The van der Waals surface area contributed by atoms with E-state index >= 15 is 0 Å². The van der Waals surface area contributed by atoms with Gasteiger partial charge < -0.3 is 18.9 Å². The van der Waals surface area contributed by atoms with Gasteiger partial charge in [-0.15, -0.1) is 0 Å². The van der Waals surface area contributed by atoms with Crippen molar-refractivity contribution < 1.29 is 18.9 Å². The topological polar surface area (TPSA) is 36.9 Å². The van der Waals surface area contributed by atoms with Crippen LogP contribution < -0.4 is 18.9 Å². The van der Waals surface area contributed by atoms with Gasteiger partial charge in [0, 0.05) is 0 Å². The van der Waals surface area contributed by atoms with Gasteiger partial charge >= 0.3 is 0 Å². The monoisotopic (exact) mass is 242 g/mol. The summed E-state index contributed by atoms with van der Waals surface area (Å²) in [6, 6.07) is 11.6. The fourth-order valence-electron chi connectivity index (χ4n) is 2.24. The van der Waals surface area contributed by atoms with Crippen molar-refractivity contribution in [1.82, 2.24) is 0 Å². The first kappa shape index (κ1) is 9.65. The summed E-state index contributed by atoms with van der Waals surface area (Å²) in [7, 11) is 0. The molecule has 18 heavy (non-hydrogen) atoms. The molecule has 0 N–H and O–H groups in total. The zero-order chi connectivity index (χ0) is 11.9. The van der Waals surface area contributed by atoms with Gasteiger partial charge in [0.25, 0.3) is 0 Å². The lowest BCUT2D eigenvalue weighted by atomic mass is 10.0. The summed E-state index contributed by atoms with van der Waals surface area (Å²) in [6.07, 6.45) is 0. The van der Waals surface area contributed by atoms with Crippen LogP contribution in [-0.4, -0.2) is 13.6 Å². The summed E-state index contributed by atoms with van der Waals surface area (Å²) in [5.41, 5.74) is 1.96. The van der Waals surface area contributed by atoms with E-state index in [-0.39, 0.29) is 13.6 Å². The molecule has 0 saturated carbocycles. The van der Waals surface area contributed by atoms with Gasteiger partial charge in [-0.3, -0.25) is 0 Å². The Bertz CT molecular complexity index is 599. The second-order valence-corrected chi connectivity index (χ2v) is 4.10. The molecule has 90 valence electrons. The average Bonchev–Trinajstić information content (AvgIpc) is 2.84. The van der Waals surface area contributed by atoms with Gasteiger partial charge in [-0.25, -0.2) is 0 Å². The number of rotatable bonds is 1. The Kier molecular flexibility index (Phi) is 1.91. The predicted molar refractivity (Wildman–Crippen MR) is 64.1 cm³/mol. The second kappa shape index (κ2) is 3.57. The smallest absolute Gasteiger partial charge is 0.231 e. The highest BCUT2D eigenvalue weighted by molar-refractivity contribution is 5.79. The lowest BCUT2D eigenvalue weighted by molar-refractivity contribution is 0.108. The van der Waals surface area contributed by atoms with Gasteiger partial charge in [-0.1, -0.05) is 12.1 Å². The number of hydrogen-bond donors (Lipinski definition) is 0. The molecule has 2 bridgehead atoms. The maximum atomic E-state index is 5.49. The molecule has 0 aromatic heterocycles. The summed E-state index contributed by atoms with van der Waals surface area (Å²) in [6.45, 7) is 0.542. The van der Waals surface area contributed by atoms with Crippen molar-refractivity contribution in [1.29, 1.82) is 0 Å². The Morgan fingerprint density at radius 3 is 2.11 bits per heavy atom. The van der Waals surface area contributed by atoms with Crippen LogP contribution in [0.4, 0.5) is 0 Å². The van der Waals surface area contributed by atoms with Crippen molar-refractivity contribution in [3.63, 3.8) is 0 Å². The third-order valence-electron chi connectivity index (χ3n) is 3.08. The molecule has 4 nitrogen and oxygen atoms in total. The van der Waals surface area contributed by atoms with Crippen LogP contribution in [0.25, 0.3) is 11.1 Å². The van der Waals surface area contributed by atoms with Crippen molar-refractivity contribution in [3.8, 4) is 34.1 Å². The van der Waals surface area contributed by atoms with Gasteiger partial charge in [0.1, 0.15) is 11.5 Å². The molecule has 4 rings (SSSR count). The lowest BCUT2D eigenvalue weighted by Gasteiger charge is -2.21. The molecule has 0 aliphatic carbocycles. The number of fused-ring (bicyclic) bond motifs is 3. The summed E-state index contributed by atoms with van der Waals surface area (Å²) < 4.78 is 21.7. The second-order valence-electron chi connectivity index (χ2n) is 4.10. The van der Waals surface area contributed by atoms with Gasteiger partial charge in [-0.05, 0) is 29.8 Å². The number of hydrogen-bond acceptors (Lipinski definition) is 4. The molecule has 0 fully saturated rings. The first-order chi connectivity index (χ1) is 8.92. The van der Waals surface area contributed by atoms with E-state index in [1.165, 1.54) is 0 Å². The Balaban J connectivity index is 1.89. The van der Waals surface area contributed by atoms with Crippen LogP contribution >= 0.6 is 0 Å². The van der Waals surface area contributed by atoms with Crippen LogP contribution in [0.1, 0.15) is 0 Å². The van der Waals surface area contributed by atoms with E-state index in [1.807, 2.05) is 36.4 Å². The fraction of sp³-hybridized carbons (Fsp3) is 0.143. The summed E-state index contributed by atoms with van der Waals surface area (Å²) in [4.78, 5) is 0. The summed E-state index contributed by atoms with van der Waals surface area (Å²) >= 11 is 0. The average molecular weight is 242 g/mol. The Hall–Kier alpha value is -2.36. The van der Waals surface area contributed by atoms with E-state index in [2.05, 4.69) is 0 Å². The van der Waals surface area contributed by atoms with Crippen molar-refractivity contribution in [2.45, 2.75) is 0 Å². The normalized spacial score (nSPS) is 14.9. The van der Waals surface area contributed by atoms with Gasteiger partial charge in [0.05, 0.1) is 5.56 Å². The molecule has 0 spiro atoms. The minimum Gasteiger partial charge on any atom is -0.457 e. The van der Waals surface area contributed by atoms with Gasteiger partial charge in [0.15, 0.2) is 11.5 Å². The Morgan fingerprint density at radius 2 is 1.33 bits per heavy atom. The molecular formula is C14H10O4. The van der Waals surface area contributed by atoms with Crippen molar-refractivity contribution in [2.75, 3.05) is 13.6 Å². The van der Waals surface area contributed by atoms with Crippen LogP contribution in [-0.2, 0) is 0 Å². The Morgan fingerprint density at radius 1 is 0.667 bits per heavy atom. The van der Waals surface area contributed by atoms with E-state index in [1.54, 1.807) is 0 Å². The molecule has 0 amide bonds. The SMILES string of the molecule is c1cc2c(-c3ccc4c(c3)OCO4)c(c1)OCO2. The maximum absolute atomic E-state index is 5.49. The molecular weight excluding hydrogens is 232 g/mol. The maximum Gasteiger partial charge on any atom is 0.231 e. The van der Waals surface area contributed by atoms with Crippen molar-refractivity contribution >= 4 is 0 Å². The highest BCUT2D eigenvalue weighted by Gasteiger charge is 2.20. The zero-order valence-electron chi connectivity index (χ0n) is 9.51. The van der Waals surface area contributed by atoms with Gasteiger partial charge in [-0.2, -0.15) is 0 Å². The van der Waals surface area contributed by atoms with Crippen LogP contribution in [0.2, 0.25) is 0 Å². The van der Waals surface area contributed by atoms with Crippen molar-refractivity contribution in [2.24, 2.45) is 0 Å². The fourth-order valence-corrected chi connectivity index (χ4v) is 2.24. The lowest BCUT2D eigenvalue weighted by Crippen LogP contribution is -2.12. The van der Waals surface area contributed by atoms with E-state index in [0.29, 0.717) is 0 Å². The molecule has 0 radical (unpaired) electrons. The van der Waals surface area contributed by atoms with Crippen LogP contribution in [0.5, 0.6) is 23.0 Å². The summed E-state index contributed by atoms with van der Waals surface area (Å²) in [5.74, 6) is 3.20. The minimum atomic E-state index is 0.263. The molecule has 2 heterocycles. The van der Waals surface area contributed by atoms with Crippen LogP contribution in [0, 0.1) is 0 Å². The molecule has 2 aliphatic heterocycles. The molecule has 0 atom stereocenters. The van der Waals surface area contributed by atoms with Crippen molar-refractivity contribution in [3.05, 3.63) is 36.4 Å². The quantitative estimate of drug-likeness (QED) is 0.770. The third kappa shape index (κ3) is 1.32. The van der Waals surface area contributed by atoms with Gasteiger partial charge in [0.2, 0.25) is 13.6 Å². The molecule has 2 aromatic carbocycles. The van der Waals surface area contributed by atoms with Crippen LogP contribution in [0.3, 0.4) is 0 Å². The van der Waals surface area contributed by atoms with Crippen LogP contribution in [0.15, 0.2) is 36.4 Å². The highest BCUT2D eigenvalue weighted by Crippen LogP contribution is 2.44. The van der Waals surface area contributed by atoms with E-state index in [4.69, 9.17) is 18.9 Å². The zero-order valence-corrected chi connectivity index (χ0v) is 9.51. The van der Waals surface area contributed by atoms with E-state index in [9.17, 15) is 0 Å². The molecule has 0 unspecified atom stereocenters. The summed E-state index contributed by atoms with van der Waals surface area (Å²) in [5, 5.41) is 0.